The van der Waals surface area contributed by atoms with Gasteiger partial charge in [0.15, 0.2) is 0 Å². The van der Waals surface area contributed by atoms with Crippen molar-refractivity contribution in [2.45, 2.75) is 20.3 Å². The Hall–Kier alpha value is -0.910. The van der Waals surface area contributed by atoms with E-state index in [0.29, 0.717) is 12.2 Å². The zero-order valence-corrected chi connectivity index (χ0v) is 12.2. The molecule has 0 saturated carbocycles. The lowest BCUT2D eigenvalue weighted by molar-refractivity contribution is 0.0948. The highest BCUT2D eigenvalue weighted by molar-refractivity contribution is 5.91. The van der Waals surface area contributed by atoms with E-state index in [1.807, 2.05) is 6.92 Å². The zero-order valence-electron chi connectivity index (χ0n) is 10.6. The summed E-state index contributed by atoms with van der Waals surface area (Å²) in [6.07, 6.45) is 4.17. The van der Waals surface area contributed by atoms with Gasteiger partial charge in [-0.2, -0.15) is 0 Å². The third-order valence-electron chi connectivity index (χ3n) is 2.03. The second kappa shape index (κ2) is 11.2. The normalized spacial score (nSPS) is 9.00. The molecule has 1 heterocycles. The van der Waals surface area contributed by atoms with Crippen LogP contribution in [0.25, 0.3) is 0 Å². The van der Waals surface area contributed by atoms with Crippen molar-refractivity contribution in [3.63, 3.8) is 0 Å². The first-order valence-electron chi connectivity index (χ1n) is 5.51. The van der Waals surface area contributed by atoms with Crippen LogP contribution in [0.3, 0.4) is 0 Å². The number of aryl methyl sites for hydroxylation is 1. The minimum Gasteiger partial charge on any atom is -0.349 e. The van der Waals surface area contributed by atoms with Crippen LogP contribution in [-0.4, -0.2) is 35.5 Å². The second-order valence-corrected chi connectivity index (χ2v) is 3.55. The Morgan fingerprint density at radius 1 is 1.17 bits per heavy atom. The molecule has 0 saturated heterocycles. The summed E-state index contributed by atoms with van der Waals surface area (Å²) in [6, 6.07) is 0. The van der Waals surface area contributed by atoms with Gasteiger partial charge in [-0.1, -0.05) is 6.92 Å². The molecule has 0 aromatic carbocycles. The summed E-state index contributed by atoms with van der Waals surface area (Å²) in [5, 5.41) is 5.97. The number of hydrogen-bond acceptors (Lipinski definition) is 4. The third kappa shape index (κ3) is 7.42. The van der Waals surface area contributed by atoms with Gasteiger partial charge in [-0.05, 0) is 19.9 Å². The van der Waals surface area contributed by atoms with Gasteiger partial charge in [0.05, 0.1) is 11.9 Å². The van der Waals surface area contributed by atoms with E-state index in [4.69, 9.17) is 0 Å². The van der Waals surface area contributed by atoms with Crippen molar-refractivity contribution < 1.29 is 4.79 Å². The first-order chi connectivity index (χ1) is 7.74. The Bertz CT molecular complexity index is 332. The number of aromatic nitrogens is 2. The molecule has 0 aliphatic carbocycles. The lowest BCUT2D eigenvalue weighted by atomic mass is 10.4. The smallest absolute Gasteiger partial charge is 0.271 e. The molecular formula is C11H20Cl2N4O. The SMILES string of the molecule is CCCNCCNC(=O)c1cnc(C)cn1.Cl.Cl. The summed E-state index contributed by atoms with van der Waals surface area (Å²) >= 11 is 0. The maximum atomic E-state index is 11.5. The van der Waals surface area contributed by atoms with Gasteiger partial charge in [-0.3, -0.25) is 9.78 Å². The van der Waals surface area contributed by atoms with Crippen molar-refractivity contribution in [3.05, 3.63) is 23.8 Å². The molecule has 18 heavy (non-hydrogen) atoms. The lowest BCUT2D eigenvalue weighted by Crippen LogP contribution is -2.32. The Balaban J connectivity index is 0. The molecule has 0 fully saturated rings. The van der Waals surface area contributed by atoms with Crippen LogP contribution in [0, 0.1) is 6.92 Å². The highest BCUT2D eigenvalue weighted by Crippen LogP contribution is 1.93. The van der Waals surface area contributed by atoms with Crippen LogP contribution in [0.4, 0.5) is 0 Å². The molecule has 0 atom stereocenters. The molecule has 0 bridgehead atoms. The van der Waals surface area contributed by atoms with E-state index in [1.165, 1.54) is 6.20 Å². The predicted molar refractivity (Wildman–Crippen MR) is 76.8 cm³/mol. The van der Waals surface area contributed by atoms with Crippen LogP contribution in [0.1, 0.15) is 29.5 Å². The fourth-order valence-corrected chi connectivity index (χ4v) is 1.17. The molecule has 1 aromatic rings. The summed E-state index contributed by atoms with van der Waals surface area (Å²) in [7, 11) is 0. The topological polar surface area (TPSA) is 66.9 Å². The Kier molecular flexibility index (Phi) is 12.1. The summed E-state index contributed by atoms with van der Waals surface area (Å²) in [6.45, 7) is 6.30. The highest BCUT2D eigenvalue weighted by Gasteiger charge is 2.05. The van der Waals surface area contributed by atoms with Gasteiger partial charge in [-0.15, -0.1) is 24.8 Å². The largest absolute Gasteiger partial charge is 0.349 e. The molecule has 1 aromatic heterocycles. The van der Waals surface area contributed by atoms with Crippen molar-refractivity contribution in [1.82, 2.24) is 20.6 Å². The van der Waals surface area contributed by atoms with E-state index in [2.05, 4.69) is 27.5 Å². The van der Waals surface area contributed by atoms with Crippen molar-refractivity contribution in [2.75, 3.05) is 19.6 Å². The number of nitrogens with zero attached hydrogens (tertiary/aromatic N) is 2. The third-order valence-corrected chi connectivity index (χ3v) is 2.03. The van der Waals surface area contributed by atoms with Gasteiger partial charge in [-0.25, -0.2) is 4.98 Å². The zero-order chi connectivity index (χ0) is 11.8. The van der Waals surface area contributed by atoms with Gasteiger partial charge < -0.3 is 10.6 Å². The van der Waals surface area contributed by atoms with Gasteiger partial charge in [0.25, 0.3) is 5.91 Å². The fraction of sp³-hybridized carbons (Fsp3) is 0.545. The van der Waals surface area contributed by atoms with Crippen LogP contribution < -0.4 is 10.6 Å². The fourth-order valence-electron chi connectivity index (χ4n) is 1.17. The molecule has 2 N–H and O–H groups in total. The van der Waals surface area contributed by atoms with Crippen molar-refractivity contribution in [1.29, 1.82) is 0 Å². The molecule has 1 rings (SSSR count). The Morgan fingerprint density at radius 2 is 1.89 bits per heavy atom. The maximum absolute atomic E-state index is 11.5. The van der Waals surface area contributed by atoms with Gasteiger partial charge in [0.1, 0.15) is 5.69 Å². The first-order valence-corrected chi connectivity index (χ1v) is 5.51. The summed E-state index contributed by atoms with van der Waals surface area (Å²) in [4.78, 5) is 19.6. The molecule has 0 aliphatic heterocycles. The quantitative estimate of drug-likeness (QED) is 0.778. The summed E-state index contributed by atoms with van der Waals surface area (Å²) in [5.41, 5.74) is 1.17. The van der Waals surface area contributed by atoms with E-state index in [1.54, 1.807) is 6.20 Å². The van der Waals surface area contributed by atoms with Gasteiger partial charge in [0, 0.05) is 19.3 Å². The van der Waals surface area contributed by atoms with Crippen LogP contribution in [0.2, 0.25) is 0 Å². The molecule has 5 nitrogen and oxygen atoms in total. The summed E-state index contributed by atoms with van der Waals surface area (Å²) < 4.78 is 0. The second-order valence-electron chi connectivity index (χ2n) is 3.55. The van der Waals surface area contributed by atoms with Gasteiger partial charge >= 0.3 is 0 Å². The van der Waals surface area contributed by atoms with E-state index in [9.17, 15) is 4.79 Å². The van der Waals surface area contributed by atoms with E-state index in [-0.39, 0.29) is 30.7 Å². The number of nitrogens with one attached hydrogen (secondary N) is 2. The van der Waals surface area contributed by atoms with Crippen LogP contribution in [-0.2, 0) is 0 Å². The van der Waals surface area contributed by atoms with Crippen molar-refractivity contribution >= 4 is 30.7 Å². The molecule has 104 valence electrons. The van der Waals surface area contributed by atoms with E-state index in [0.717, 1.165) is 25.2 Å². The molecule has 0 aliphatic rings. The standard InChI is InChI=1S/C11H18N4O.2ClH/c1-3-4-12-5-6-13-11(16)10-8-14-9(2)7-15-10;;/h7-8,12H,3-6H2,1-2H3,(H,13,16);2*1H. The van der Waals surface area contributed by atoms with Crippen LogP contribution >= 0.6 is 24.8 Å². The molecule has 1 amide bonds. The van der Waals surface area contributed by atoms with Crippen LogP contribution in [0.5, 0.6) is 0 Å². The molecule has 0 unspecified atom stereocenters. The van der Waals surface area contributed by atoms with Gasteiger partial charge in [0.2, 0.25) is 0 Å². The summed E-state index contributed by atoms with van der Waals surface area (Å²) in [5.74, 6) is -0.175. The maximum Gasteiger partial charge on any atom is 0.271 e. The van der Waals surface area contributed by atoms with Crippen molar-refractivity contribution in [2.24, 2.45) is 0 Å². The Morgan fingerprint density at radius 3 is 2.44 bits per heavy atom. The lowest BCUT2D eigenvalue weighted by Gasteiger charge is -2.05. The number of halogens is 2. The number of carbonyl (C=O) groups is 1. The molecule has 0 radical (unpaired) electrons. The minimum atomic E-state index is -0.175. The monoisotopic (exact) mass is 294 g/mol. The number of hydrogen-bond donors (Lipinski definition) is 2. The molecule has 0 spiro atoms. The number of rotatable bonds is 6. The number of carbonyl (C=O) groups excluding carboxylic acids is 1. The van der Waals surface area contributed by atoms with E-state index < -0.39 is 0 Å². The highest BCUT2D eigenvalue weighted by atomic mass is 35.5. The number of amides is 1. The van der Waals surface area contributed by atoms with Crippen molar-refractivity contribution in [3.8, 4) is 0 Å². The predicted octanol–water partition coefficient (Wildman–Crippen LogP) is 1.36. The van der Waals surface area contributed by atoms with Crippen LogP contribution in [0.15, 0.2) is 12.4 Å². The molecular weight excluding hydrogens is 275 g/mol. The average Bonchev–Trinajstić information content (AvgIpc) is 2.29. The average molecular weight is 295 g/mol. The van der Waals surface area contributed by atoms with E-state index >= 15 is 0 Å². The molecule has 7 heteroatoms. The minimum absolute atomic E-state index is 0. The first kappa shape index (κ1) is 19.4. The Labute approximate surface area is 120 Å².